The van der Waals surface area contributed by atoms with Crippen molar-refractivity contribution >= 4 is 18.1 Å². The highest BCUT2D eigenvalue weighted by atomic mass is 35.5. The van der Waals surface area contributed by atoms with Crippen molar-refractivity contribution in [3.63, 3.8) is 0 Å². The van der Waals surface area contributed by atoms with Crippen molar-refractivity contribution in [3.05, 3.63) is 35.5 Å². The minimum Gasteiger partial charge on any atom is -0.436 e. The Labute approximate surface area is 107 Å². The summed E-state index contributed by atoms with van der Waals surface area (Å²) in [4.78, 5) is 0. The molecule has 1 aromatic carbocycles. The highest BCUT2D eigenvalue weighted by molar-refractivity contribution is 5.85. The standard InChI is InChI=1S/C12H15N3O.ClH/c1-8-4-5-11(9(2)6-8)16-12-10(13)7-15(3)14-12;/h4-7H,13H2,1-3H3;1H. The average Bonchev–Trinajstić information content (AvgIpc) is 2.50. The molecule has 92 valence electrons. The van der Waals surface area contributed by atoms with Crippen molar-refractivity contribution in [1.29, 1.82) is 0 Å². The molecule has 4 nitrogen and oxygen atoms in total. The molecule has 2 N–H and O–H groups in total. The van der Waals surface area contributed by atoms with Crippen LogP contribution in [0.5, 0.6) is 11.6 Å². The summed E-state index contributed by atoms with van der Waals surface area (Å²) in [6, 6.07) is 5.99. The second-order valence-corrected chi connectivity index (χ2v) is 3.93. The number of hydrogen-bond acceptors (Lipinski definition) is 3. The molecule has 0 saturated heterocycles. The second kappa shape index (κ2) is 5.10. The third-order valence-electron chi connectivity index (χ3n) is 2.36. The van der Waals surface area contributed by atoms with Crippen molar-refractivity contribution < 1.29 is 4.74 Å². The fourth-order valence-electron chi connectivity index (χ4n) is 1.58. The molecule has 0 radical (unpaired) electrons. The highest BCUT2D eigenvalue weighted by Crippen LogP contribution is 2.28. The molecule has 0 aliphatic heterocycles. The van der Waals surface area contributed by atoms with Gasteiger partial charge in [0.15, 0.2) is 0 Å². The van der Waals surface area contributed by atoms with Gasteiger partial charge in [-0.1, -0.05) is 17.7 Å². The van der Waals surface area contributed by atoms with Crippen LogP contribution in [-0.2, 0) is 7.05 Å². The molecule has 0 aliphatic rings. The van der Waals surface area contributed by atoms with Gasteiger partial charge in [0, 0.05) is 7.05 Å². The maximum Gasteiger partial charge on any atom is 0.261 e. The van der Waals surface area contributed by atoms with Crippen LogP contribution in [0.15, 0.2) is 24.4 Å². The van der Waals surface area contributed by atoms with E-state index in [2.05, 4.69) is 11.2 Å². The van der Waals surface area contributed by atoms with Crippen molar-refractivity contribution in [1.82, 2.24) is 9.78 Å². The van der Waals surface area contributed by atoms with Crippen LogP contribution < -0.4 is 10.5 Å². The molecule has 0 spiro atoms. The van der Waals surface area contributed by atoms with Crippen LogP contribution in [0.3, 0.4) is 0 Å². The molecule has 2 rings (SSSR count). The summed E-state index contributed by atoms with van der Waals surface area (Å²) in [5.74, 6) is 1.24. The van der Waals surface area contributed by atoms with E-state index in [1.165, 1.54) is 5.56 Å². The Bertz CT molecular complexity index is 522. The summed E-state index contributed by atoms with van der Waals surface area (Å²) in [6.45, 7) is 4.05. The summed E-state index contributed by atoms with van der Waals surface area (Å²) in [7, 11) is 1.81. The monoisotopic (exact) mass is 253 g/mol. The Morgan fingerprint density at radius 2 is 2.00 bits per heavy atom. The van der Waals surface area contributed by atoms with Crippen LogP contribution in [0.4, 0.5) is 5.69 Å². The molecule has 17 heavy (non-hydrogen) atoms. The molecule has 0 unspecified atom stereocenters. The van der Waals surface area contributed by atoms with E-state index in [0.717, 1.165) is 11.3 Å². The van der Waals surface area contributed by atoms with Crippen LogP contribution in [-0.4, -0.2) is 9.78 Å². The quantitative estimate of drug-likeness (QED) is 0.895. The smallest absolute Gasteiger partial charge is 0.261 e. The number of anilines is 1. The minimum absolute atomic E-state index is 0. The summed E-state index contributed by atoms with van der Waals surface area (Å²) < 4.78 is 7.29. The van der Waals surface area contributed by atoms with Crippen LogP contribution in [0, 0.1) is 13.8 Å². The number of aromatic nitrogens is 2. The van der Waals surface area contributed by atoms with E-state index in [0.29, 0.717) is 11.6 Å². The van der Waals surface area contributed by atoms with Crippen LogP contribution in [0.1, 0.15) is 11.1 Å². The predicted molar refractivity (Wildman–Crippen MR) is 70.9 cm³/mol. The topological polar surface area (TPSA) is 53.1 Å². The van der Waals surface area contributed by atoms with Crippen LogP contribution >= 0.6 is 12.4 Å². The first-order valence-electron chi connectivity index (χ1n) is 5.10. The van der Waals surface area contributed by atoms with Gasteiger partial charge in [-0.05, 0) is 25.5 Å². The van der Waals surface area contributed by atoms with E-state index in [1.54, 1.807) is 10.9 Å². The largest absolute Gasteiger partial charge is 0.436 e. The molecule has 0 bridgehead atoms. The molecule has 0 fully saturated rings. The van der Waals surface area contributed by atoms with Crippen LogP contribution in [0.2, 0.25) is 0 Å². The third kappa shape index (κ3) is 2.91. The van der Waals surface area contributed by atoms with Gasteiger partial charge in [0.25, 0.3) is 5.88 Å². The maximum absolute atomic E-state index is 5.76. The first-order valence-corrected chi connectivity index (χ1v) is 5.10. The van der Waals surface area contributed by atoms with Gasteiger partial charge in [0.1, 0.15) is 11.4 Å². The normalized spacial score (nSPS) is 9.82. The van der Waals surface area contributed by atoms with Gasteiger partial charge >= 0.3 is 0 Å². The van der Waals surface area contributed by atoms with E-state index in [1.807, 2.05) is 33.0 Å². The van der Waals surface area contributed by atoms with Crippen molar-refractivity contribution in [2.24, 2.45) is 7.05 Å². The number of hydrogen-bond donors (Lipinski definition) is 1. The zero-order valence-electron chi connectivity index (χ0n) is 10.1. The summed E-state index contributed by atoms with van der Waals surface area (Å²) in [5, 5.41) is 4.14. The lowest BCUT2D eigenvalue weighted by atomic mass is 10.1. The van der Waals surface area contributed by atoms with Crippen molar-refractivity contribution in [3.8, 4) is 11.6 Å². The lowest BCUT2D eigenvalue weighted by Crippen LogP contribution is -1.93. The van der Waals surface area contributed by atoms with E-state index < -0.39 is 0 Å². The number of nitrogens with two attached hydrogens (primary N) is 1. The number of aryl methyl sites for hydroxylation is 3. The van der Waals surface area contributed by atoms with Gasteiger partial charge in [0.2, 0.25) is 0 Å². The Hall–Kier alpha value is -1.68. The number of ether oxygens (including phenoxy) is 1. The predicted octanol–water partition coefficient (Wildman–Crippen LogP) is 2.83. The lowest BCUT2D eigenvalue weighted by molar-refractivity contribution is 0.452. The van der Waals surface area contributed by atoms with Gasteiger partial charge in [-0.15, -0.1) is 17.5 Å². The number of benzene rings is 1. The second-order valence-electron chi connectivity index (χ2n) is 3.93. The number of nitrogens with zero attached hydrogens (tertiary/aromatic N) is 2. The Morgan fingerprint density at radius 1 is 1.29 bits per heavy atom. The molecular formula is C12H16ClN3O. The molecule has 0 atom stereocenters. The fraction of sp³-hybridized carbons (Fsp3) is 0.250. The summed E-state index contributed by atoms with van der Waals surface area (Å²) >= 11 is 0. The maximum atomic E-state index is 5.76. The number of halogens is 1. The first-order chi connectivity index (χ1) is 7.56. The third-order valence-corrected chi connectivity index (χ3v) is 2.36. The van der Waals surface area contributed by atoms with E-state index in [-0.39, 0.29) is 12.4 Å². The van der Waals surface area contributed by atoms with Crippen molar-refractivity contribution in [2.45, 2.75) is 13.8 Å². The molecule has 1 heterocycles. The average molecular weight is 254 g/mol. The van der Waals surface area contributed by atoms with Crippen molar-refractivity contribution in [2.75, 3.05) is 5.73 Å². The SMILES string of the molecule is Cc1ccc(Oc2nn(C)cc2N)c(C)c1.Cl. The first kappa shape index (κ1) is 13.4. The van der Waals surface area contributed by atoms with Gasteiger partial charge in [0.05, 0.1) is 6.20 Å². The van der Waals surface area contributed by atoms with Gasteiger partial charge < -0.3 is 10.5 Å². The Morgan fingerprint density at radius 3 is 2.53 bits per heavy atom. The van der Waals surface area contributed by atoms with Gasteiger partial charge in [-0.3, -0.25) is 4.68 Å². The summed E-state index contributed by atoms with van der Waals surface area (Å²) in [5.41, 5.74) is 8.59. The Balaban J connectivity index is 0.00000144. The van der Waals surface area contributed by atoms with Gasteiger partial charge in [-0.2, -0.15) is 0 Å². The molecule has 0 aliphatic carbocycles. The Kier molecular flexibility index (Phi) is 4.02. The molecule has 5 heteroatoms. The highest BCUT2D eigenvalue weighted by Gasteiger charge is 2.08. The summed E-state index contributed by atoms with van der Waals surface area (Å²) in [6.07, 6.45) is 1.72. The molecular weight excluding hydrogens is 238 g/mol. The fourth-order valence-corrected chi connectivity index (χ4v) is 1.58. The zero-order valence-corrected chi connectivity index (χ0v) is 10.9. The van der Waals surface area contributed by atoms with Gasteiger partial charge in [-0.25, -0.2) is 0 Å². The van der Waals surface area contributed by atoms with E-state index in [4.69, 9.17) is 10.5 Å². The van der Waals surface area contributed by atoms with E-state index >= 15 is 0 Å². The molecule has 2 aromatic rings. The molecule has 0 amide bonds. The zero-order chi connectivity index (χ0) is 11.7. The lowest BCUT2D eigenvalue weighted by Gasteiger charge is -2.07. The van der Waals surface area contributed by atoms with E-state index in [9.17, 15) is 0 Å². The number of rotatable bonds is 2. The minimum atomic E-state index is 0. The number of nitrogen functional groups attached to an aromatic ring is 1. The molecule has 0 saturated carbocycles. The molecule has 1 aromatic heterocycles. The van der Waals surface area contributed by atoms with Crippen LogP contribution in [0.25, 0.3) is 0 Å².